The molecule has 0 aliphatic carbocycles. The Morgan fingerprint density at radius 3 is 2.45 bits per heavy atom. The van der Waals surface area contributed by atoms with Gasteiger partial charge in [-0.3, -0.25) is 19.3 Å². The fourth-order valence-electron chi connectivity index (χ4n) is 1.77. The molecule has 0 aromatic rings. The zero-order valence-electron chi connectivity index (χ0n) is 11.2. The molecule has 0 fully saturated rings. The summed E-state index contributed by atoms with van der Waals surface area (Å²) in [5, 5.41) is 20.1. The fourth-order valence-corrected chi connectivity index (χ4v) is 1.77. The van der Waals surface area contributed by atoms with Crippen LogP contribution in [0.25, 0.3) is 0 Å². The van der Waals surface area contributed by atoms with Gasteiger partial charge in [-0.05, 0) is 12.8 Å². The van der Waals surface area contributed by atoms with Gasteiger partial charge in [0.05, 0.1) is 12.7 Å². The van der Waals surface area contributed by atoms with Crippen molar-refractivity contribution in [3.05, 3.63) is 12.2 Å². The highest BCUT2D eigenvalue weighted by molar-refractivity contribution is 6.12. The van der Waals surface area contributed by atoms with Gasteiger partial charge in [0.2, 0.25) is 5.91 Å². The lowest BCUT2D eigenvalue weighted by Gasteiger charge is -2.13. The van der Waals surface area contributed by atoms with Crippen molar-refractivity contribution in [3.63, 3.8) is 0 Å². The predicted octanol–water partition coefficient (Wildman–Crippen LogP) is -1.06. The molecule has 1 aliphatic rings. The first-order chi connectivity index (χ1) is 9.54. The second kappa shape index (κ2) is 8.44. The predicted molar refractivity (Wildman–Crippen MR) is 70.4 cm³/mol. The first kappa shape index (κ1) is 16.3. The summed E-state index contributed by atoms with van der Waals surface area (Å²) in [6.45, 7) is 0.0273. The van der Waals surface area contributed by atoms with E-state index in [1.54, 1.807) is 0 Å². The van der Waals surface area contributed by atoms with Crippen LogP contribution in [-0.4, -0.2) is 58.6 Å². The fraction of sp³-hybridized carbons (Fsp3) is 0.615. The lowest BCUT2D eigenvalue weighted by molar-refractivity contribution is -0.136. The molecule has 0 aromatic heterocycles. The minimum atomic E-state index is -0.932. The lowest BCUT2D eigenvalue weighted by atomic mass is 10.2. The summed E-state index contributed by atoms with van der Waals surface area (Å²) >= 11 is 0. The topological polar surface area (TPSA) is 107 Å². The van der Waals surface area contributed by atoms with Crippen LogP contribution < -0.4 is 5.32 Å². The molecule has 20 heavy (non-hydrogen) atoms. The molecule has 1 aliphatic heterocycles. The first-order valence-electron chi connectivity index (χ1n) is 6.63. The molecule has 1 rings (SSSR count). The average molecular weight is 284 g/mol. The van der Waals surface area contributed by atoms with Crippen LogP contribution in [0.15, 0.2) is 12.2 Å². The molecule has 7 nitrogen and oxygen atoms in total. The van der Waals surface area contributed by atoms with Crippen LogP contribution in [0.3, 0.4) is 0 Å². The maximum absolute atomic E-state index is 11.4. The van der Waals surface area contributed by atoms with E-state index < -0.39 is 6.10 Å². The quantitative estimate of drug-likeness (QED) is 0.369. The number of hydrogen-bond donors (Lipinski definition) is 3. The van der Waals surface area contributed by atoms with E-state index in [2.05, 4.69) is 5.32 Å². The van der Waals surface area contributed by atoms with Crippen LogP contribution >= 0.6 is 0 Å². The molecular weight excluding hydrogens is 264 g/mol. The Morgan fingerprint density at radius 1 is 1.20 bits per heavy atom. The van der Waals surface area contributed by atoms with Crippen molar-refractivity contribution in [1.82, 2.24) is 10.2 Å². The summed E-state index contributed by atoms with van der Waals surface area (Å²) < 4.78 is 0. The number of carbonyl (C=O) groups excluding carboxylic acids is 3. The van der Waals surface area contributed by atoms with E-state index in [-0.39, 0.29) is 30.9 Å². The van der Waals surface area contributed by atoms with E-state index in [1.165, 1.54) is 17.1 Å². The number of nitrogens with one attached hydrogen (secondary N) is 1. The van der Waals surface area contributed by atoms with Gasteiger partial charge in [-0.15, -0.1) is 0 Å². The van der Waals surface area contributed by atoms with Gasteiger partial charge in [0, 0.05) is 31.7 Å². The maximum atomic E-state index is 11.4. The van der Waals surface area contributed by atoms with Crippen LogP contribution in [0, 0.1) is 0 Å². The largest absolute Gasteiger partial charge is 0.394 e. The van der Waals surface area contributed by atoms with Crippen LogP contribution in [0.4, 0.5) is 0 Å². The highest BCUT2D eigenvalue weighted by Gasteiger charge is 2.22. The van der Waals surface area contributed by atoms with Gasteiger partial charge >= 0.3 is 0 Å². The van der Waals surface area contributed by atoms with Gasteiger partial charge in [0.15, 0.2) is 0 Å². The zero-order valence-corrected chi connectivity index (χ0v) is 11.2. The second-order valence-electron chi connectivity index (χ2n) is 4.61. The molecule has 1 unspecified atom stereocenters. The number of imide groups is 1. The highest BCUT2D eigenvalue weighted by Crippen LogP contribution is 2.07. The third-order valence-electron chi connectivity index (χ3n) is 2.93. The zero-order chi connectivity index (χ0) is 15.0. The summed E-state index contributed by atoms with van der Waals surface area (Å²) in [4.78, 5) is 35.0. The smallest absolute Gasteiger partial charge is 0.253 e. The molecule has 7 heteroatoms. The van der Waals surface area contributed by atoms with Crippen LogP contribution in [0.2, 0.25) is 0 Å². The second-order valence-corrected chi connectivity index (χ2v) is 4.61. The lowest BCUT2D eigenvalue weighted by Crippen LogP contribution is -2.33. The van der Waals surface area contributed by atoms with E-state index in [1.807, 2.05) is 0 Å². The molecule has 3 amide bonds. The Morgan fingerprint density at radius 2 is 1.85 bits per heavy atom. The van der Waals surface area contributed by atoms with Gasteiger partial charge in [-0.1, -0.05) is 6.42 Å². The number of aliphatic hydroxyl groups excluding tert-OH is 2. The molecule has 3 N–H and O–H groups in total. The Labute approximate surface area is 117 Å². The summed E-state index contributed by atoms with van der Waals surface area (Å²) in [5.74, 6) is -0.760. The molecular formula is C13H20N2O5. The van der Waals surface area contributed by atoms with E-state index in [0.29, 0.717) is 25.8 Å². The van der Waals surface area contributed by atoms with Crippen molar-refractivity contribution in [2.24, 2.45) is 0 Å². The van der Waals surface area contributed by atoms with Crippen LogP contribution in [0.1, 0.15) is 25.7 Å². The van der Waals surface area contributed by atoms with Gasteiger partial charge in [-0.25, -0.2) is 0 Å². The first-order valence-corrected chi connectivity index (χ1v) is 6.63. The van der Waals surface area contributed by atoms with Crippen molar-refractivity contribution < 1.29 is 24.6 Å². The third-order valence-corrected chi connectivity index (χ3v) is 2.93. The van der Waals surface area contributed by atoms with Crippen molar-refractivity contribution in [3.8, 4) is 0 Å². The summed E-state index contributed by atoms with van der Waals surface area (Å²) in [6, 6.07) is 0. The standard InChI is InChI=1S/C13H20N2O5/c16-9-10(17)8-14-11(18)4-2-1-3-7-15-12(19)5-6-13(15)20/h5-6,10,16-17H,1-4,7-9H2,(H,14,18). The molecule has 0 radical (unpaired) electrons. The number of nitrogens with zero attached hydrogens (tertiary/aromatic N) is 1. The Balaban J connectivity index is 2.03. The molecule has 0 spiro atoms. The number of rotatable bonds is 9. The third kappa shape index (κ3) is 5.50. The van der Waals surface area contributed by atoms with Crippen LogP contribution in [-0.2, 0) is 14.4 Å². The van der Waals surface area contributed by atoms with E-state index in [4.69, 9.17) is 10.2 Å². The number of carbonyl (C=O) groups is 3. The molecule has 1 atom stereocenters. The van der Waals surface area contributed by atoms with Crippen molar-refractivity contribution in [2.75, 3.05) is 19.7 Å². The van der Waals surface area contributed by atoms with Crippen molar-refractivity contribution in [1.29, 1.82) is 0 Å². The SMILES string of the molecule is O=C(CCCCCN1C(=O)C=CC1=O)NCC(O)CO. The Kier molecular flexibility index (Phi) is 6.89. The number of unbranched alkanes of at least 4 members (excludes halogenated alkanes) is 2. The van der Waals surface area contributed by atoms with Gasteiger partial charge in [0.25, 0.3) is 11.8 Å². The molecule has 0 aromatic carbocycles. The highest BCUT2D eigenvalue weighted by atomic mass is 16.3. The van der Waals surface area contributed by atoms with E-state index in [9.17, 15) is 14.4 Å². The van der Waals surface area contributed by atoms with Crippen molar-refractivity contribution >= 4 is 17.7 Å². The molecule has 1 heterocycles. The van der Waals surface area contributed by atoms with Gasteiger partial charge < -0.3 is 15.5 Å². The minimum absolute atomic E-state index is 0.0395. The van der Waals surface area contributed by atoms with Gasteiger partial charge in [-0.2, -0.15) is 0 Å². The van der Waals surface area contributed by atoms with E-state index >= 15 is 0 Å². The van der Waals surface area contributed by atoms with Gasteiger partial charge in [0.1, 0.15) is 0 Å². The average Bonchev–Trinajstić information content (AvgIpc) is 2.75. The van der Waals surface area contributed by atoms with E-state index in [0.717, 1.165) is 6.42 Å². The number of amides is 3. The maximum Gasteiger partial charge on any atom is 0.253 e. The number of aliphatic hydroxyl groups is 2. The molecule has 112 valence electrons. The monoisotopic (exact) mass is 284 g/mol. The summed E-state index contributed by atoms with van der Waals surface area (Å²) in [7, 11) is 0. The summed E-state index contributed by atoms with van der Waals surface area (Å²) in [6.07, 6.45) is 3.92. The van der Waals surface area contributed by atoms with Crippen molar-refractivity contribution in [2.45, 2.75) is 31.8 Å². The summed E-state index contributed by atoms with van der Waals surface area (Å²) in [5.41, 5.74) is 0. The Hall–Kier alpha value is -1.73. The molecule has 0 bridgehead atoms. The Bertz CT molecular complexity index is 376. The number of hydrogen-bond acceptors (Lipinski definition) is 5. The molecule has 0 saturated heterocycles. The minimum Gasteiger partial charge on any atom is -0.394 e. The normalized spacial score (nSPS) is 15.8. The molecule has 0 saturated carbocycles. The van der Waals surface area contributed by atoms with Crippen LogP contribution in [0.5, 0.6) is 0 Å².